The maximum Gasteiger partial charge on any atom is 0.337 e. The highest BCUT2D eigenvalue weighted by Gasteiger charge is 2.22. The predicted molar refractivity (Wildman–Crippen MR) is 73.0 cm³/mol. The standard InChI is InChI=1S/C14H20N2O2/c1-2-3-10-6-7-16(9-10)11-4-5-12(14(17)18)13(15)8-11/h4-5,8,10H,2-3,6-7,9,15H2,1H3,(H,17,18). The van der Waals surface area contributed by atoms with Crippen LogP contribution in [0.2, 0.25) is 0 Å². The molecule has 2 rings (SSSR count). The topological polar surface area (TPSA) is 66.6 Å². The first-order valence-corrected chi connectivity index (χ1v) is 6.49. The van der Waals surface area contributed by atoms with Crippen molar-refractivity contribution in [2.75, 3.05) is 23.7 Å². The number of carboxylic acids is 1. The predicted octanol–water partition coefficient (Wildman–Crippen LogP) is 2.59. The minimum absolute atomic E-state index is 0.183. The molecule has 0 saturated carbocycles. The molecule has 1 aromatic carbocycles. The van der Waals surface area contributed by atoms with Gasteiger partial charge in [0.05, 0.1) is 5.56 Å². The lowest BCUT2D eigenvalue weighted by Gasteiger charge is -2.19. The third kappa shape index (κ3) is 2.58. The maximum atomic E-state index is 10.9. The summed E-state index contributed by atoms with van der Waals surface area (Å²) in [5, 5.41) is 8.94. The summed E-state index contributed by atoms with van der Waals surface area (Å²) in [5.41, 5.74) is 7.34. The number of aromatic carboxylic acids is 1. The van der Waals surface area contributed by atoms with Crippen LogP contribution in [0.3, 0.4) is 0 Å². The highest BCUT2D eigenvalue weighted by atomic mass is 16.4. The number of hydrogen-bond donors (Lipinski definition) is 2. The van der Waals surface area contributed by atoms with Crippen LogP contribution in [0.1, 0.15) is 36.5 Å². The lowest BCUT2D eigenvalue weighted by molar-refractivity contribution is 0.0698. The molecule has 0 aromatic heterocycles. The molecule has 0 spiro atoms. The molecule has 0 aliphatic carbocycles. The molecule has 1 aromatic rings. The Morgan fingerprint density at radius 2 is 2.33 bits per heavy atom. The SMILES string of the molecule is CCCC1CCN(c2ccc(C(=O)O)c(N)c2)C1. The number of rotatable bonds is 4. The normalized spacial score (nSPS) is 19.2. The zero-order valence-corrected chi connectivity index (χ0v) is 10.7. The van der Waals surface area contributed by atoms with Crippen LogP contribution in [-0.4, -0.2) is 24.2 Å². The Morgan fingerprint density at radius 3 is 2.94 bits per heavy atom. The monoisotopic (exact) mass is 248 g/mol. The summed E-state index contributed by atoms with van der Waals surface area (Å²) in [5.74, 6) is -0.209. The second kappa shape index (κ2) is 5.29. The van der Waals surface area contributed by atoms with E-state index in [9.17, 15) is 4.79 Å². The zero-order valence-electron chi connectivity index (χ0n) is 10.7. The van der Waals surface area contributed by atoms with Gasteiger partial charge in [0.25, 0.3) is 0 Å². The Bertz CT molecular complexity index is 445. The lowest BCUT2D eigenvalue weighted by Crippen LogP contribution is -2.20. The first-order chi connectivity index (χ1) is 8.61. The highest BCUT2D eigenvalue weighted by molar-refractivity contribution is 5.94. The van der Waals surface area contributed by atoms with Crippen molar-refractivity contribution < 1.29 is 9.90 Å². The summed E-state index contributed by atoms with van der Waals surface area (Å²) in [6.07, 6.45) is 3.70. The highest BCUT2D eigenvalue weighted by Crippen LogP contribution is 2.28. The summed E-state index contributed by atoms with van der Waals surface area (Å²) in [4.78, 5) is 13.2. The average molecular weight is 248 g/mol. The molecule has 0 bridgehead atoms. The van der Waals surface area contributed by atoms with Crippen molar-refractivity contribution in [3.05, 3.63) is 23.8 Å². The van der Waals surface area contributed by atoms with Gasteiger partial charge in [-0.1, -0.05) is 13.3 Å². The van der Waals surface area contributed by atoms with Crippen molar-refractivity contribution in [2.24, 2.45) is 5.92 Å². The molecule has 98 valence electrons. The molecule has 18 heavy (non-hydrogen) atoms. The van der Waals surface area contributed by atoms with Gasteiger partial charge in [0.15, 0.2) is 0 Å². The summed E-state index contributed by atoms with van der Waals surface area (Å²) in [7, 11) is 0. The van der Waals surface area contributed by atoms with Crippen molar-refractivity contribution in [2.45, 2.75) is 26.2 Å². The molecule has 1 saturated heterocycles. The number of nitrogen functional groups attached to an aromatic ring is 1. The first-order valence-electron chi connectivity index (χ1n) is 6.49. The van der Waals surface area contributed by atoms with E-state index in [0.717, 1.165) is 24.7 Å². The van der Waals surface area contributed by atoms with Crippen LogP contribution in [-0.2, 0) is 0 Å². The van der Waals surface area contributed by atoms with Gasteiger partial charge in [0.1, 0.15) is 0 Å². The summed E-state index contributed by atoms with van der Waals surface area (Å²) in [6.45, 7) is 4.30. The molecule has 4 nitrogen and oxygen atoms in total. The molecule has 1 aliphatic heterocycles. The second-order valence-corrected chi connectivity index (χ2v) is 4.97. The largest absolute Gasteiger partial charge is 0.478 e. The number of benzene rings is 1. The minimum atomic E-state index is -0.968. The number of nitrogens with two attached hydrogens (primary N) is 1. The maximum absolute atomic E-state index is 10.9. The second-order valence-electron chi connectivity index (χ2n) is 4.97. The Hall–Kier alpha value is -1.71. The Labute approximate surface area is 107 Å². The van der Waals surface area contributed by atoms with E-state index in [1.807, 2.05) is 6.07 Å². The van der Waals surface area contributed by atoms with E-state index in [1.165, 1.54) is 19.3 Å². The van der Waals surface area contributed by atoms with Crippen molar-refractivity contribution >= 4 is 17.3 Å². The number of nitrogens with zero attached hydrogens (tertiary/aromatic N) is 1. The smallest absolute Gasteiger partial charge is 0.337 e. The van der Waals surface area contributed by atoms with E-state index in [2.05, 4.69) is 11.8 Å². The molecule has 1 heterocycles. The van der Waals surface area contributed by atoms with E-state index < -0.39 is 5.97 Å². The van der Waals surface area contributed by atoms with Crippen LogP contribution in [0.4, 0.5) is 11.4 Å². The van der Waals surface area contributed by atoms with Gasteiger partial charge in [-0.25, -0.2) is 4.79 Å². The van der Waals surface area contributed by atoms with Crippen LogP contribution in [0.25, 0.3) is 0 Å². The molecule has 1 unspecified atom stereocenters. The summed E-state index contributed by atoms with van der Waals surface area (Å²) in [6, 6.07) is 5.23. The van der Waals surface area contributed by atoms with Gasteiger partial charge in [-0.15, -0.1) is 0 Å². The first kappa shape index (κ1) is 12.7. The molecule has 1 aliphatic rings. The fourth-order valence-electron chi connectivity index (χ4n) is 2.65. The number of anilines is 2. The van der Waals surface area contributed by atoms with Gasteiger partial charge in [-0.05, 0) is 37.0 Å². The fraction of sp³-hybridized carbons (Fsp3) is 0.500. The number of hydrogen-bond acceptors (Lipinski definition) is 3. The fourth-order valence-corrected chi connectivity index (χ4v) is 2.65. The van der Waals surface area contributed by atoms with Crippen molar-refractivity contribution in [3.8, 4) is 0 Å². The van der Waals surface area contributed by atoms with Gasteiger partial charge in [0.2, 0.25) is 0 Å². The molecule has 0 radical (unpaired) electrons. The van der Waals surface area contributed by atoms with Crippen molar-refractivity contribution in [1.29, 1.82) is 0 Å². The summed E-state index contributed by atoms with van der Waals surface area (Å²) < 4.78 is 0. The molecule has 4 heteroatoms. The van der Waals surface area contributed by atoms with E-state index in [4.69, 9.17) is 10.8 Å². The van der Waals surface area contributed by atoms with E-state index in [1.54, 1.807) is 12.1 Å². The molecule has 0 amide bonds. The van der Waals surface area contributed by atoms with Crippen LogP contribution in [0, 0.1) is 5.92 Å². The van der Waals surface area contributed by atoms with Gasteiger partial charge >= 0.3 is 5.97 Å². The van der Waals surface area contributed by atoms with Crippen LogP contribution >= 0.6 is 0 Å². The van der Waals surface area contributed by atoms with Gasteiger partial charge in [0, 0.05) is 24.5 Å². The van der Waals surface area contributed by atoms with E-state index in [0.29, 0.717) is 5.69 Å². The number of carboxylic acid groups (broad SMARTS) is 1. The van der Waals surface area contributed by atoms with Gasteiger partial charge in [-0.3, -0.25) is 0 Å². The number of carbonyl (C=O) groups is 1. The van der Waals surface area contributed by atoms with E-state index in [-0.39, 0.29) is 5.56 Å². The molecular formula is C14H20N2O2. The summed E-state index contributed by atoms with van der Waals surface area (Å²) >= 11 is 0. The van der Waals surface area contributed by atoms with Gasteiger partial charge < -0.3 is 15.7 Å². The Balaban J connectivity index is 2.11. The van der Waals surface area contributed by atoms with E-state index >= 15 is 0 Å². The molecule has 1 atom stereocenters. The lowest BCUT2D eigenvalue weighted by atomic mass is 10.0. The average Bonchev–Trinajstić information content (AvgIpc) is 2.77. The Kier molecular flexibility index (Phi) is 3.75. The quantitative estimate of drug-likeness (QED) is 0.804. The zero-order chi connectivity index (χ0) is 13.1. The molecule has 3 N–H and O–H groups in total. The third-order valence-electron chi connectivity index (χ3n) is 3.61. The molecule has 1 fully saturated rings. The van der Waals surface area contributed by atoms with Crippen LogP contribution < -0.4 is 10.6 Å². The third-order valence-corrected chi connectivity index (χ3v) is 3.61. The van der Waals surface area contributed by atoms with Crippen LogP contribution in [0.15, 0.2) is 18.2 Å². The van der Waals surface area contributed by atoms with Gasteiger partial charge in [-0.2, -0.15) is 0 Å². The molecular weight excluding hydrogens is 228 g/mol. The van der Waals surface area contributed by atoms with Crippen molar-refractivity contribution in [3.63, 3.8) is 0 Å². The van der Waals surface area contributed by atoms with Crippen molar-refractivity contribution in [1.82, 2.24) is 0 Å². The Morgan fingerprint density at radius 1 is 1.56 bits per heavy atom. The van der Waals surface area contributed by atoms with Crippen LogP contribution in [0.5, 0.6) is 0 Å². The minimum Gasteiger partial charge on any atom is -0.478 e.